The normalized spacial score (nSPS) is 12.8. The maximum atomic E-state index is 12.8. The third kappa shape index (κ3) is 3.93. The lowest BCUT2D eigenvalue weighted by Gasteiger charge is -2.10. The van der Waals surface area contributed by atoms with Crippen LogP contribution in [0.2, 0.25) is 0 Å². The van der Waals surface area contributed by atoms with Gasteiger partial charge < -0.3 is 10.4 Å². The molecule has 0 aliphatic rings. The van der Waals surface area contributed by atoms with Crippen molar-refractivity contribution in [2.45, 2.75) is 19.4 Å². The fraction of sp³-hybridized carbons (Fsp3) is 0.455. The van der Waals surface area contributed by atoms with Crippen molar-refractivity contribution in [1.82, 2.24) is 5.32 Å². The molecule has 0 spiro atoms. The smallest absolute Gasteiger partial charge is 0.159 e. The summed E-state index contributed by atoms with van der Waals surface area (Å²) < 4.78 is 25.4. The van der Waals surface area contributed by atoms with Crippen molar-refractivity contribution >= 4 is 0 Å². The van der Waals surface area contributed by atoms with E-state index in [4.69, 9.17) is 0 Å². The predicted molar refractivity (Wildman–Crippen MR) is 54.6 cm³/mol. The van der Waals surface area contributed by atoms with E-state index in [-0.39, 0.29) is 0 Å². The highest BCUT2D eigenvalue weighted by Gasteiger charge is 2.07. The van der Waals surface area contributed by atoms with Crippen LogP contribution < -0.4 is 5.32 Å². The molecule has 0 aromatic heterocycles. The Kier molecular flexibility index (Phi) is 4.65. The lowest BCUT2D eigenvalue weighted by atomic mass is 10.1. The molecule has 0 saturated carbocycles. The zero-order valence-electron chi connectivity index (χ0n) is 8.63. The highest BCUT2D eigenvalue weighted by atomic mass is 19.2. The van der Waals surface area contributed by atoms with Crippen molar-refractivity contribution in [3.8, 4) is 0 Å². The molecule has 0 aliphatic carbocycles. The maximum absolute atomic E-state index is 12.8. The number of likely N-dealkylation sites (N-methyl/N-ethyl adjacent to an activating group) is 1. The predicted octanol–water partition coefficient (Wildman–Crippen LogP) is 1.48. The zero-order valence-corrected chi connectivity index (χ0v) is 8.63. The van der Waals surface area contributed by atoms with Gasteiger partial charge in [0, 0.05) is 6.54 Å². The first-order valence-electron chi connectivity index (χ1n) is 4.96. The molecule has 1 rings (SSSR count). The minimum atomic E-state index is -0.872. The Labute approximate surface area is 87.9 Å². The Bertz CT molecular complexity index is 317. The van der Waals surface area contributed by atoms with E-state index >= 15 is 0 Å². The van der Waals surface area contributed by atoms with E-state index in [9.17, 15) is 13.9 Å². The average molecular weight is 215 g/mol. The number of hydrogen-bond acceptors (Lipinski definition) is 2. The third-order valence-electron chi connectivity index (χ3n) is 2.09. The van der Waals surface area contributed by atoms with Gasteiger partial charge in [-0.15, -0.1) is 0 Å². The van der Waals surface area contributed by atoms with Crippen LogP contribution in [0.1, 0.15) is 12.5 Å². The van der Waals surface area contributed by atoms with Crippen LogP contribution in [0, 0.1) is 11.6 Å². The van der Waals surface area contributed by atoms with Crippen molar-refractivity contribution < 1.29 is 13.9 Å². The van der Waals surface area contributed by atoms with Crippen LogP contribution in [-0.2, 0) is 6.42 Å². The van der Waals surface area contributed by atoms with Crippen molar-refractivity contribution in [1.29, 1.82) is 0 Å². The summed E-state index contributed by atoms with van der Waals surface area (Å²) in [6, 6.07) is 3.67. The number of rotatable bonds is 5. The Morgan fingerprint density at radius 3 is 2.67 bits per heavy atom. The van der Waals surface area contributed by atoms with Crippen LogP contribution in [0.4, 0.5) is 8.78 Å². The highest BCUT2D eigenvalue weighted by molar-refractivity contribution is 5.18. The Morgan fingerprint density at radius 2 is 2.07 bits per heavy atom. The van der Waals surface area contributed by atoms with Gasteiger partial charge in [0.25, 0.3) is 0 Å². The number of halogens is 2. The molecule has 0 fully saturated rings. The average Bonchev–Trinajstić information content (AvgIpc) is 2.20. The van der Waals surface area contributed by atoms with Crippen molar-refractivity contribution in [2.75, 3.05) is 13.1 Å². The van der Waals surface area contributed by atoms with Crippen LogP contribution in [-0.4, -0.2) is 24.3 Å². The van der Waals surface area contributed by atoms with Gasteiger partial charge in [-0.2, -0.15) is 0 Å². The first kappa shape index (κ1) is 12.1. The summed E-state index contributed by atoms with van der Waals surface area (Å²) in [7, 11) is 0. The lowest BCUT2D eigenvalue weighted by Crippen LogP contribution is -2.28. The highest BCUT2D eigenvalue weighted by Crippen LogP contribution is 2.10. The molecule has 0 heterocycles. The van der Waals surface area contributed by atoms with Gasteiger partial charge in [0.1, 0.15) is 0 Å². The number of hydrogen-bond donors (Lipinski definition) is 2. The van der Waals surface area contributed by atoms with Gasteiger partial charge in [-0.25, -0.2) is 8.78 Å². The van der Waals surface area contributed by atoms with E-state index in [0.29, 0.717) is 18.5 Å². The standard InChI is InChI=1S/C11H15F2NO/c1-2-14-7-9(15)5-8-3-4-10(12)11(13)6-8/h3-4,6,9,14-15H,2,5,7H2,1H3. The first-order chi connectivity index (χ1) is 7.13. The van der Waals surface area contributed by atoms with Crippen molar-refractivity contribution in [3.05, 3.63) is 35.4 Å². The molecule has 0 aliphatic heterocycles. The molecular formula is C11H15F2NO. The minimum absolute atomic E-state index is 0.324. The molecule has 1 aromatic carbocycles. The molecule has 2 N–H and O–H groups in total. The quantitative estimate of drug-likeness (QED) is 0.779. The summed E-state index contributed by atoms with van der Waals surface area (Å²) in [5.74, 6) is -1.73. The molecule has 0 amide bonds. The second-order valence-corrected chi connectivity index (χ2v) is 3.41. The van der Waals surface area contributed by atoms with Gasteiger partial charge in [-0.3, -0.25) is 0 Å². The Morgan fingerprint density at radius 1 is 1.33 bits per heavy atom. The van der Waals surface area contributed by atoms with E-state index in [1.54, 1.807) is 0 Å². The molecule has 1 unspecified atom stereocenters. The fourth-order valence-corrected chi connectivity index (χ4v) is 1.32. The van der Waals surface area contributed by atoms with Gasteiger partial charge in [0.15, 0.2) is 11.6 Å². The number of aliphatic hydroxyl groups is 1. The zero-order chi connectivity index (χ0) is 11.3. The molecule has 0 radical (unpaired) electrons. The topological polar surface area (TPSA) is 32.3 Å². The van der Waals surface area contributed by atoms with Crippen LogP contribution in [0.25, 0.3) is 0 Å². The van der Waals surface area contributed by atoms with E-state index in [2.05, 4.69) is 5.32 Å². The molecule has 4 heteroatoms. The number of nitrogens with one attached hydrogen (secondary N) is 1. The summed E-state index contributed by atoms with van der Waals surface area (Å²) in [5, 5.41) is 12.5. The maximum Gasteiger partial charge on any atom is 0.159 e. The second kappa shape index (κ2) is 5.78. The minimum Gasteiger partial charge on any atom is -0.391 e. The van der Waals surface area contributed by atoms with Crippen LogP contribution in [0.15, 0.2) is 18.2 Å². The van der Waals surface area contributed by atoms with Gasteiger partial charge in [0.05, 0.1) is 6.10 Å². The molecule has 1 aromatic rings. The van der Waals surface area contributed by atoms with E-state index in [1.807, 2.05) is 6.92 Å². The third-order valence-corrected chi connectivity index (χ3v) is 2.09. The summed E-state index contributed by atoms with van der Waals surface area (Å²) in [4.78, 5) is 0. The summed E-state index contributed by atoms with van der Waals surface area (Å²) in [6.45, 7) is 3.16. The number of aliphatic hydroxyl groups excluding tert-OH is 1. The fourth-order valence-electron chi connectivity index (χ4n) is 1.32. The van der Waals surface area contributed by atoms with Crippen molar-refractivity contribution in [3.63, 3.8) is 0 Å². The molecule has 84 valence electrons. The molecule has 15 heavy (non-hydrogen) atoms. The van der Waals surface area contributed by atoms with Gasteiger partial charge >= 0.3 is 0 Å². The van der Waals surface area contributed by atoms with Gasteiger partial charge in [-0.05, 0) is 30.7 Å². The van der Waals surface area contributed by atoms with Gasteiger partial charge in [-0.1, -0.05) is 13.0 Å². The van der Waals surface area contributed by atoms with E-state index in [0.717, 1.165) is 18.7 Å². The summed E-state index contributed by atoms with van der Waals surface area (Å²) in [6.07, 6.45) is -0.251. The van der Waals surface area contributed by atoms with Crippen LogP contribution in [0.3, 0.4) is 0 Å². The Hall–Kier alpha value is -1.00. The molecule has 2 nitrogen and oxygen atoms in total. The van der Waals surface area contributed by atoms with E-state index in [1.165, 1.54) is 6.07 Å². The van der Waals surface area contributed by atoms with Gasteiger partial charge in [0.2, 0.25) is 0 Å². The molecular weight excluding hydrogens is 200 g/mol. The molecule has 0 saturated heterocycles. The van der Waals surface area contributed by atoms with Crippen LogP contribution >= 0.6 is 0 Å². The second-order valence-electron chi connectivity index (χ2n) is 3.41. The number of benzene rings is 1. The first-order valence-corrected chi connectivity index (χ1v) is 4.96. The lowest BCUT2D eigenvalue weighted by molar-refractivity contribution is 0.172. The summed E-state index contributed by atoms with van der Waals surface area (Å²) in [5.41, 5.74) is 0.597. The largest absolute Gasteiger partial charge is 0.391 e. The summed E-state index contributed by atoms with van der Waals surface area (Å²) >= 11 is 0. The molecule has 1 atom stereocenters. The van der Waals surface area contributed by atoms with Crippen molar-refractivity contribution in [2.24, 2.45) is 0 Å². The Balaban J connectivity index is 2.53. The van der Waals surface area contributed by atoms with Crippen LogP contribution in [0.5, 0.6) is 0 Å². The SMILES string of the molecule is CCNCC(O)Cc1ccc(F)c(F)c1. The van der Waals surface area contributed by atoms with E-state index < -0.39 is 17.7 Å². The monoisotopic (exact) mass is 215 g/mol. The molecule has 0 bridgehead atoms.